The van der Waals surface area contributed by atoms with Crippen molar-refractivity contribution < 1.29 is 24.2 Å². The van der Waals surface area contributed by atoms with Gasteiger partial charge in [-0.3, -0.25) is 4.79 Å². The number of rotatable bonds is 7. The maximum absolute atomic E-state index is 13.1. The number of hydrogen-bond donors (Lipinski definition) is 2. The monoisotopic (exact) mass is 448 g/mol. The van der Waals surface area contributed by atoms with Crippen molar-refractivity contribution in [1.82, 2.24) is 10.2 Å². The largest absolute Gasteiger partial charge is 0.480 e. The normalized spacial score (nSPS) is 18.1. The molecule has 7 nitrogen and oxygen atoms in total. The standard InChI is InChI=1S/C26H28N2O5/c1-2-9-22(24(29)28-15-8-7-14-23(28)25(30)31)27-26(32)33-16-21-19-12-5-3-10-17(19)18-11-4-6-13-20(18)21/h2-6,10-13,21-23H,1,7-9,14-16H2,(H,27,32)(H,30,31)/t22?,23-/m1/s1. The predicted octanol–water partition coefficient (Wildman–Crippen LogP) is 3.94. The summed E-state index contributed by atoms with van der Waals surface area (Å²) in [6, 6.07) is 14.3. The molecule has 0 spiro atoms. The summed E-state index contributed by atoms with van der Waals surface area (Å²) < 4.78 is 5.56. The average Bonchev–Trinajstić information content (AvgIpc) is 3.15. The summed E-state index contributed by atoms with van der Waals surface area (Å²) in [7, 11) is 0. The number of carboxylic acid groups (broad SMARTS) is 1. The molecule has 0 radical (unpaired) electrons. The number of piperidine rings is 1. The Balaban J connectivity index is 1.43. The highest BCUT2D eigenvalue weighted by molar-refractivity contribution is 5.89. The molecule has 2 amide bonds. The number of amides is 2. The van der Waals surface area contributed by atoms with Crippen LogP contribution in [0.25, 0.3) is 11.1 Å². The van der Waals surface area contributed by atoms with E-state index >= 15 is 0 Å². The first-order chi connectivity index (χ1) is 16.0. The van der Waals surface area contributed by atoms with Gasteiger partial charge in [0.2, 0.25) is 5.91 Å². The number of carboxylic acids is 1. The summed E-state index contributed by atoms with van der Waals surface area (Å²) in [5.74, 6) is -1.53. The summed E-state index contributed by atoms with van der Waals surface area (Å²) in [5, 5.41) is 12.1. The Hall–Kier alpha value is -3.61. The van der Waals surface area contributed by atoms with Crippen molar-refractivity contribution in [3.63, 3.8) is 0 Å². The van der Waals surface area contributed by atoms with Crippen LogP contribution in [0.4, 0.5) is 4.79 Å². The summed E-state index contributed by atoms with van der Waals surface area (Å²) >= 11 is 0. The zero-order valence-electron chi connectivity index (χ0n) is 18.4. The second-order valence-electron chi connectivity index (χ2n) is 8.43. The quantitative estimate of drug-likeness (QED) is 0.626. The molecule has 1 aliphatic carbocycles. The number of ether oxygens (including phenoxy) is 1. The van der Waals surface area contributed by atoms with E-state index in [0.717, 1.165) is 35.1 Å². The smallest absolute Gasteiger partial charge is 0.407 e. The van der Waals surface area contributed by atoms with Gasteiger partial charge >= 0.3 is 12.1 Å². The Bertz CT molecular complexity index is 1020. The fourth-order valence-electron chi connectivity index (χ4n) is 4.82. The lowest BCUT2D eigenvalue weighted by atomic mass is 9.98. The lowest BCUT2D eigenvalue weighted by molar-refractivity contribution is -0.152. The Labute approximate surface area is 193 Å². The number of nitrogens with zero attached hydrogens (tertiary/aromatic N) is 1. The maximum atomic E-state index is 13.1. The second kappa shape index (κ2) is 9.90. The minimum Gasteiger partial charge on any atom is -0.480 e. The van der Waals surface area contributed by atoms with Gasteiger partial charge in [-0.1, -0.05) is 54.6 Å². The number of hydrogen-bond acceptors (Lipinski definition) is 4. The molecule has 33 heavy (non-hydrogen) atoms. The molecular weight excluding hydrogens is 420 g/mol. The third-order valence-corrected chi connectivity index (χ3v) is 6.41. The van der Waals surface area contributed by atoms with E-state index in [1.54, 1.807) is 0 Å². The number of fused-ring (bicyclic) bond motifs is 3. The molecule has 7 heteroatoms. The van der Waals surface area contributed by atoms with Crippen LogP contribution in [0.2, 0.25) is 0 Å². The van der Waals surface area contributed by atoms with Gasteiger partial charge in [0, 0.05) is 12.5 Å². The molecule has 2 aromatic carbocycles. The molecule has 4 rings (SSSR count). The third-order valence-electron chi connectivity index (χ3n) is 6.41. The minimum atomic E-state index is -1.03. The highest BCUT2D eigenvalue weighted by Gasteiger charge is 2.36. The van der Waals surface area contributed by atoms with Crippen LogP contribution < -0.4 is 5.32 Å². The number of carbonyl (C=O) groups excluding carboxylic acids is 2. The molecule has 0 aromatic heterocycles. The third kappa shape index (κ3) is 4.62. The zero-order chi connectivity index (χ0) is 23.4. The molecule has 2 aliphatic rings. The highest BCUT2D eigenvalue weighted by atomic mass is 16.5. The molecule has 172 valence electrons. The highest BCUT2D eigenvalue weighted by Crippen LogP contribution is 2.44. The fraction of sp³-hybridized carbons (Fsp3) is 0.346. The van der Waals surface area contributed by atoms with Crippen molar-refractivity contribution in [2.75, 3.05) is 13.2 Å². The summed E-state index contributed by atoms with van der Waals surface area (Å²) in [6.07, 6.45) is 2.92. The van der Waals surface area contributed by atoms with Gasteiger partial charge in [0.1, 0.15) is 18.7 Å². The zero-order valence-corrected chi connectivity index (χ0v) is 18.4. The molecule has 2 aromatic rings. The van der Waals surface area contributed by atoms with Crippen LogP contribution >= 0.6 is 0 Å². The molecular formula is C26H28N2O5. The van der Waals surface area contributed by atoms with Gasteiger partial charge in [-0.25, -0.2) is 9.59 Å². The molecule has 0 bridgehead atoms. The van der Waals surface area contributed by atoms with Crippen LogP contribution in [0.1, 0.15) is 42.7 Å². The maximum Gasteiger partial charge on any atom is 0.407 e. The van der Waals surface area contributed by atoms with Gasteiger partial charge in [-0.05, 0) is 47.9 Å². The number of benzene rings is 2. The van der Waals surface area contributed by atoms with Gasteiger partial charge in [0.25, 0.3) is 0 Å². The van der Waals surface area contributed by atoms with Gasteiger partial charge < -0.3 is 20.1 Å². The number of carbonyl (C=O) groups is 3. The van der Waals surface area contributed by atoms with Crippen molar-refractivity contribution in [2.45, 2.75) is 43.7 Å². The SMILES string of the molecule is C=CCC(NC(=O)OCC1c2ccccc2-c2ccccc21)C(=O)N1CCCC[C@@H]1C(=O)O. The van der Waals surface area contributed by atoms with Gasteiger partial charge in [0.05, 0.1) is 0 Å². The van der Waals surface area contributed by atoms with Crippen molar-refractivity contribution >= 4 is 18.0 Å². The van der Waals surface area contributed by atoms with E-state index in [2.05, 4.69) is 24.0 Å². The molecule has 1 heterocycles. The molecule has 0 saturated carbocycles. The van der Waals surface area contributed by atoms with Crippen LogP contribution in [0.15, 0.2) is 61.2 Å². The molecule has 1 fully saturated rings. The first-order valence-electron chi connectivity index (χ1n) is 11.3. The van der Waals surface area contributed by atoms with Crippen LogP contribution in [0.3, 0.4) is 0 Å². The van der Waals surface area contributed by atoms with Crippen molar-refractivity contribution in [3.8, 4) is 11.1 Å². The number of nitrogens with one attached hydrogen (secondary N) is 1. The summed E-state index contributed by atoms with van der Waals surface area (Å²) in [4.78, 5) is 38.7. The van der Waals surface area contributed by atoms with E-state index in [9.17, 15) is 19.5 Å². The van der Waals surface area contributed by atoms with Crippen molar-refractivity contribution in [1.29, 1.82) is 0 Å². The topological polar surface area (TPSA) is 95.9 Å². The molecule has 1 saturated heterocycles. The van der Waals surface area contributed by atoms with Gasteiger partial charge in [-0.15, -0.1) is 6.58 Å². The molecule has 2 atom stereocenters. The summed E-state index contributed by atoms with van der Waals surface area (Å²) in [5.41, 5.74) is 4.46. The minimum absolute atomic E-state index is 0.0878. The Morgan fingerprint density at radius 2 is 1.73 bits per heavy atom. The molecule has 1 aliphatic heterocycles. The first-order valence-corrected chi connectivity index (χ1v) is 11.3. The van der Waals surface area contributed by atoms with E-state index in [0.29, 0.717) is 13.0 Å². The lowest BCUT2D eigenvalue weighted by Crippen LogP contribution is -2.55. The number of aliphatic carboxylic acids is 1. The van der Waals surface area contributed by atoms with E-state index in [1.165, 1.54) is 11.0 Å². The fourth-order valence-corrected chi connectivity index (χ4v) is 4.82. The van der Waals surface area contributed by atoms with Gasteiger partial charge in [0.15, 0.2) is 0 Å². The van der Waals surface area contributed by atoms with Crippen LogP contribution in [-0.2, 0) is 14.3 Å². The first kappa shape index (κ1) is 22.6. The lowest BCUT2D eigenvalue weighted by Gasteiger charge is -2.35. The second-order valence-corrected chi connectivity index (χ2v) is 8.43. The van der Waals surface area contributed by atoms with Crippen LogP contribution in [0, 0.1) is 0 Å². The van der Waals surface area contributed by atoms with E-state index in [4.69, 9.17) is 4.74 Å². The Kier molecular flexibility index (Phi) is 6.77. The van der Waals surface area contributed by atoms with Crippen LogP contribution in [0.5, 0.6) is 0 Å². The predicted molar refractivity (Wildman–Crippen MR) is 124 cm³/mol. The average molecular weight is 449 g/mol. The van der Waals surface area contributed by atoms with Gasteiger partial charge in [-0.2, -0.15) is 0 Å². The van der Waals surface area contributed by atoms with Crippen molar-refractivity contribution in [2.24, 2.45) is 0 Å². The van der Waals surface area contributed by atoms with E-state index in [1.807, 2.05) is 36.4 Å². The Morgan fingerprint density at radius 3 is 2.33 bits per heavy atom. The Morgan fingerprint density at radius 1 is 1.09 bits per heavy atom. The molecule has 2 N–H and O–H groups in total. The van der Waals surface area contributed by atoms with Crippen LogP contribution in [-0.4, -0.2) is 53.2 Å². The van der Waals surface area contributed by atoms with Crippen molar-refractivity contribution in [3.05, 3.63) is 72.3 Å². The number of likely N-dealkylation sites (tertiary alicyclic amines) is 1. The number of alkyl carbamates (subject to hydrolysis) is 1. The van der Waals surface area contributed by atoms with E-state index in [-0.39, 0.29) is 18.9 Å². The summed E-state index contributed by atoms with van der Waals surface area (Å²) in [6.45, 7) is 4.16. The van der Waals surface area contributed by atoms with E-state index < -0.39 is 30.1 Å². The molecule has 1 unspecified atom stereocenters.